The molecule has 1 aliphatic heterocycles. The van der Waals surface area contributed by atoms with Crippen LogP contribution in [0.15, 0.2) is 24.3 Å². The number of carbonyl (C=O) groups excluding carboxylic acids is 1. The fourth-order valence-electron chi connectivity index (χ4n) is 2.81. The predicted molar refractivity (Wildman–Crippen MR) is 90.0 cm³/mol. The molecule has 0 saturated carbocycles. The van der Waals surface area contributed by atoms with E-state index < -0.39 is 5.97 Å². The zero-order chi connectivity index (χ0) is 17.0. The highest BCUT2D eigenvalue weighted by Gasteiger charge is 2.19. The topological polar surface area (TPSA) is 64.1 Å². The van der Waals surface area contributed by atoms with Crippen molar-refractivity contribution in [1.82, 2.24) is 9.80 Å². The third-order valence-corrected chi connectivity index (χ3v) is 4.24. The van der Waals surface area contributed by atoms with Crippen LogP contribution < -0.4 is 4.90 Å². The summed E-state index contributed by atoms with van der Waals surface area (Å²) in [6.07, 6.45) is 0. The fraction of sp³-hybridized carbons (Fsp3) is 0.529. The van der Waals surface area contributed by atoms with Crippen molar-refractivity contribution in [3.63, 3.8) is 0 Å². The fourth-order valence-corrected chi connectivity index (χ4v) is 2.81. The molecule has 0 unspecified atom stereocenters. The highest BCUT2D eigenvalue weighted by atomic mass is 16.4. The Kier molecular flexibility index (Phi) is 5.60. The van der Waals surface area contributed by atoms with Crippen molar-refractivity contribution in [3.8, 4) is 0 Å². The monoisotopic (exact) mass is 319 g/mol. The van der Waals surface area contributed by atoms with E-state index in [4.69, 9.17) is 5.11 Å². The molecule has 23 heavy (non-hydrogen) atoms. The van der Waals surface area contributed by atoms with E-state index in [-0.39, 0.29) is 12.5 Å². The lowest BCUT2D eigenvalue weighted by atomic mass is 10.1. The Morgan fingerprint density at radius 3 is 2.17 bits per heavy atom. The molecule has 0 aromatic heterocycles. The van der Waals surface area contributed by atoms with Crippen LogP contribution in [-0.2, 0) is 4.79 Å². The number of carboxylic acids is 1. The molecule has 1 amide bonds. The molecule has 0 radical (unpaired) electrons. The van der Waals surface area contributed by atoms with Gasteiger partial charge in [0.25, 0.3) is 5.91 Å². The molecule has 1 saturated heterocycles. The van der Waals surface area contributed by atoms with Gasteiger partial charge in [-0.3, -0.25) is 14.5 Å². The summed E-state index contributed by atoms with van der Waals surface area (Å²) in [7, 11) is 1.50. The standard InChI is InChI=1S/C17H25N3O3/c1-13(2)19-8-10-20(11-9-19)15-6-4-14(5-7-15)17(23)18(3)12-16(21)22/h4-7,13H,8-12H2,1-3H3,(H,21,22). The second kappa shape index (κ2) is 7.46. The van der Waals surface area contributed by atoms with E-state index in [2.05, 4.69) is 23.6 Å². The highest BCUT2D eigenvalue weighted by Crippen LogP contribution is 2.18. The van der Waals surface area contributed by atoms with Crippen LogP contribution in [0, 0.1) is 0 Å². The van der Waals surface area contributed by atoms with Gasteiger partial charge in [-0.1, -0.05) is 0 Å². The van der Waals surface area contributed by atoms with E-state index >= 15 is 0 Å². The number of piperazine rings is 1. The summed E-state index contributed by atoms with van der Waals surface area (Å²) in [5, 5.41) is 8.75. The molecule has 2 rings (SSSR count). The minimum absolute atomic E-state index is 0.274. The van der Waals surface area contributed by atoms with Gasteiger partial charge in [0, 0.05) is 50.5 Å². The number of amides is 1. The average molecular weight is 319 g/mol. The number of nitrogens with zero attached hydrogens (tertiary/aromatic N) is 3. The lowest BCUT2D eigenvalue weighted by molar-refractivity contribution is -0.137. The molecule has 1 heterocycles. The number of aliphatic carboxylic acids is 1. The van der Waals surface area contributed by atoms with Gasteiger partial charge in [-0.25, -0.2) is 0 Å². The van der Waals surface area contributed by atoms with Gasteiger partial charge >= 0.3 is 5.97 Å². The molecule has 1 aliphatic rings. The van der Waals surface area contributed by atoms with Crippen molar-refractivity contribution in [3.05, 3.63) is 29.8 Å². The number of rotatable bonds is 5. The first-order chi connectivity index (χ1) is 10.9. The zero-order valence-electron chi connectivity index (χ0n) is 14.0. The maximum Gasteiger partial charge on any atom is 0.323 e. The number of carbonyl (C=O) groups is 2. The molecule has 1 fully saturated rings. The second-order valence-corrected chi connectivity index (χ2v) is 6.22. The molecular formula is C17H25N3O3. The minimum atomic E-state index is -1.01. The van der Waals surface area contributed by atoms with Crippen LogP contribution in [0.4, 0.5) is 5.69 Å². The van der Waals surface area contributed by atoms with Gasteiger partial charge < -0.3 is 14.9 Å². The van der Waals surface area contributed by atoms with Crippen LogP contribution in [-0.4, -0.2) is 72.6 Å². The van der Waals surface area contributed by atoms with E-state index in [1.54, 1.807) is 12.1 Å². The lowest BCUT2D eigenvalue weighted by Gasteiger charge is -2.38. The van der Waals surface area contributed by atoms with E-state index in [9.17, 15) is 9.59 Å². The molecule has 1 aromatic rings. The molecule has 0 aliphatic carbocycles. The van der Waals surface area contributed by atoms with E-state index in [1.807, 2.05) is 12.1 Å². The number of hydrogen-bond acceptors (Lipinski definition) is 4. The number of hydrogen-bond donors (Lipinski definition) is 1. The smallest absolute Gasteiger partial charge is 0.323 e. The van der Waals surface area contributed by atoms with Crippen molar-refractivity contribution in [2.75, 3.05) is 44.7 Å². The van der Waals surface area contributed by atoms with Crippen LogP contribution in [0.25, 0.3) is 0 Å². The first kappa shape index (κ1) is 17.3. The third-order valence-electron chi connectivity index (χ3n) is 4.24. The van der Waals surface area contributed by atoms with Gasteiger partial charge in [0.05, 0.1) is 0 Å². The normalized spacial score (nSPS) is 15.7. The summed E-state index contributed by atoms with van der Waals surface area (Å²) in [4.78, 5) is 28.8. The Bertz CT molecular complexity index is 549. The van der Waals surface area contributed by atoms with Crippen molar-refractivity contribution in [2.45, 2.75) is 19.9 Å². The number of likely N-dealkylation sites (N-methyl/N-ethyl adjacent to an activating group) is 1. The minimum Gasteiger partial charge on any atom is -0.480 e. The Morgan fingerprint density at radius 1 is 1.13 bits per heavy atom. The summed E-state index contributed by atoms with van der Waals surface area (Å²) in [6.45, 7) is 8.17. The maximum absolute atomic E-state index is 12.1. The molecule has 6 nitrogen and oxygen atoms in total. The van der Waals surface area contributed by atoms with Gasteiger partial charge in [-0.2, -0.15) is 0 Å². The Hall–Kier alpha value is -2.08. The number of carboxylic acid groups (broad SMARTS) is 1. The van der Waals surface area contributed by atoms with Gasteiger partial charge in [-0.05, 0) is 38.1 Å². The van der Waals surface area contributed by atoms with Crippen LogP contribution in [0.3, 0.4) is 0 Å². The molecule has 6 heteroatoms. The molecule has 1 aromatic carbocycles. The van der Waals surface area contributed by atoms with Gasteiger partial charge in [0.1, 0.15) is 6.54 Å². The second-order valence-electron chi connectivity index (χ2n) is 6.22. The van der Waals surface area contributed by atoms with Crippen molar-refractivity contribution >= 4 is 17.6 Å². The number of benzene rings is 1. The van der Waals surface area contributed by atoms with Crippen LogP contribution >= 0.6 is 0 Å². The molecule has 0 spiro atoms. The summed E-state index contributed by atoms with van der Waals surface area (Å²) >= 11 is 0. The Labute approximate surface area is 137 Å². The lowest BCUT2D eigenvalue weighted by Crippen LogP contribution is -2.48. The molecule has 1 N–H and O–H groups in total. The molecular weight excluding hydrogens is 294 g/mol. The first-order valence-electron chi connectivity index (χ1n) is 7.95. The average Bonchev–Trinajstić information content (AvgIpc) is 2.53. The van der Waals surface area contributed by atoms with Gasteiger partial charge in [0.15, 0.2) is 0 Å². The van der Waals surface area contributed by atoms with Gasteiger partial charge in [0.2, 0.25) is 0 Å². The third kappa shape index (κ3) is 4.45. The summed E-state index contributed by atoms with van der Waals surface area (Å²) in [5.74, 6) is -1.29. The van der Waals surface area contributed by atoms with Crippen molar-refractivity contribution in [1.29, 1.82) is 0 Å². The van der Waals surface area contributed by atoms with E-state index in [0.29, 0.717) is 11.6 Å². The van der Waals surface area contributed by atoms with Crippen molar-refractivity contribution < 1.29 is 14.7 Å². The van der Waals surface area contributed by atoms with Gasteiger partial charge in [-0.15, -0.1) is 0 Å². The Morgan fingerprint density at radius 2 is 1.70 bits per heavy atom. The van der Waals surface area contributed by atoms with Crippen molar-refractivity contribution in [2.24, 2.45) is 0 Å². The van der Waals surface area contributed by atoms with Crippen LogP contribution in [0.5, 0.6) is 0 Å². The van der Waals surface area contributed by atoms with E-state index in [0.717, 1.165) is 31.9 Å². The van der Waals surface area contributed by atoms with E-state index in [1.165, 1.54) is 11.9 Å². The summed E-state index contributed by atoms with van der Waals surface area (Å²) < 4.78 is 0. The molecule has 126 valence electrons. The quantitative estimate of drug-likeness (QED) is 0.888. The molecule has 0 bridgehead atoms. The van der Waals surface area contributed by atoms with Crippen LogP contribution in [0.1, 0.15) is 24.2 Å². The molecule has 0 atom stereocenters. The predicted octanol–water partition coefficient (Wildman–Crippen LogP) is 1.37. The summed E-state index contributed by atoms with van der Waals surface area (Å²) in [5.41, 5.74) is 1.61. The highest BCUT2D eigenvalue weighted by molar-refractivity contribution is 5.95. The largest absolute Gasteiger partial charge is 0.480 e. The SMILES string of the molecule is CC(C)N1CCN(c2ccc(C(=O)N(C)CC(=O)O)cc2)CC1. The summed E-state index contributed by atoms with van der Waals surface area (Å²) in [6, 6.07) is 7.98. The maximum atomic E-state index is 12.1. The first-order valence-corrected chi connectivity index (χ1v) is 7.95. The Balaban J connectivity index is 1.97. The van der Waals surface area contributed by atoms with Crippen LogP contribution in [0.2, 0.25) is 0 Å². The zero-order valence-corrected chi connectivity index (χ0v) is 14.0. The number of anilines is 1.